The highest BCUT2D eigenvalue weighted by atomic mass is 32.2. The maximum Gasteiger partial charge on any atom is 0.264 e. The second-order valence-electron chi connectivity index (χ2n) is 9.96. The third-order valence-corrected chi connectivity index (χ3v) is 9.85. The standard InChI is InChI=1S/2C15H13N3O3S/c2*19-22(20,11-5-2-1-3-6-11)17-15-16-12-7-4-8-13-14(12)18(15)9-10-21-13/h2*1-8H,9-10H2,(H,16,17). The lowest BCUT2D eigenvalue weighted by Gasteiger charge is -2.18. The Bertz CT molecular complexity index is 2060. The van der Waals surface area contributed by atoms with Crippen molar-refractivity contribution in [1.29, 1.82) is 0 Å². The Morgan fingerprint density at radius 1 is 0.545 bits per heavy atom. The third-order valence-electron chi connectivity index (χ3n) is 7.16. The molecule has 4 aromatic carbocycles. The zero-order chi connectivity index (χ0) is 30.3. The van der Waals surface area contributed by atoms with Gasteiger partial charge in [0.05, 0.1) is 33.9 Å². The van der Waals surface area contributed by atoms with Crippen LogP contribution in [-0.4, -0.2) is 49.2 Å². The van der Waals surface area contributed by atoms with Gasteiger partial charge in [0.15, 0.2) is 0 Å². The monoisotopic (exact) mass is 630 g/mol. The van der Waals surface area contributed by atoms with E-state index in [4.69, 9.17) is 9.47 Å². The minimum absolute atomic E-state index is 0.210. The Kier molecular flexibility index (Phi) is 6.86. The van der Waals surface area contributed by atoms with Crippen LogP contribution < -0.4 is 18.9 Å². The average molecular weight is 631 g/mol. The van der Waals surface area contributed by atoms with Gasteiger partial charge in [-0.1, -0.05) is 48.5 Å². The molecule has 2 N–H and O–H groups in total. The number of imidazole rings is 2. The van der Waals surface area contributed by atoms with Crippen molar-refractivity contribution in [2.45, 2.75) is 22.9 Å². The van der Waals surface area contributed by atoms with E-state index in [1.54, 1.807) is 60.7 Å². The van der Waals surface area contributed by atoms with E-state index in [2.05, 4.69) is 19.4 Å². The van der Waals surface area contributed by atoms with Crippen molar-refractivity contribution in [3.05, 3.63) is 97.1 Å². The SMILES string of the molecule is O=S(=O)(Nc1nc2cccc3c2n1CCO3)c1ccccc1.O=S(=O)(Nc1nc2cccc3c2n1CCO3)c1ccccc1. The maximum atomic E-state index is 12.5. The van der Waals surface area contributed by atoms with Crippen LogP contribution in [0.25, 0.3) is 22.1 Å². The molecule has 6 aromatic rings. The Morgan fingerprint density at radius 2 is 0.955 bits per heavy atom. The normalized spacial score (nSPS) is 13.8. The molecule has 44 heavy (non-hydrogen) atoms. The summed E-state index contributed by atoms with van der Waals surface area (Å²) < 4.78 is 69.8. The topological polar surface area (TPSA) is 146 Å². The first-order valence-electron chi connectivity index (χ1n) is 13.7. The summed E-state index contributed by atoms with van der Waals surface area (Å²) in [6.45, 7) is 2.09. The van der Waals surface area contributed by atoms with Gasteiger partial charge in [-0.25, -0.2) is 36.2 Å². The molecule has 0 unspecified atom stereocenters. The van der Waals surface area contributed by atoms with Crippen LogP contribution in [0.3, 0.4) is 0 Å². The molecule has 0 radical (unpaired) electrons. The zero-order valence-electron chi connectivity index (χ0n) is 23.1. The molecule has 2 aromatic heterocycles. The van der Waals surface area contributed by atoms with Crippen molar-refractivity contribution in [3.8, 4) is 11.5 Å². The van der Waals surface area contributed by atoms with Gasteiger partial charge in [0.2, 0.25) is 11.9 Å². The van der Waals surface area contributed by atoms with Gasteiger partial charge in [-0.3, -0.25) is 0 Å². The first kappa shape index (κ1) is 27.7. The molecule has 0 aliphatic carbocycles. The Labute approximate surface area is 253 Å². The summed E-state index contributed by atoms with van der Waals surface area (Å²) in [5.41, 5.74) is 3.06. The number of aromatic nitrogens is 4. The summed E-state index contributed by atoms with van der Waals surface area (Å²) in [5.74, 6) is 2.08. The summed E-state index contributed by atoms with van der Waals surface area (Å²) >= 11 is 0. The van der Waals surface area contributed by atoms with Gasteiger partial charge < -0.3 is 18.6 Å². The molecule has 0 saturated carbocycles. The summed E-state index contributed by atoms with van der Waals surface area (Å²) in [4.78, 5) is 9.20. The zero-order valence-corrected chi connectivity index (χ0v) is 24.8. The van der Waals surface area contributed by atoms with Gasteiger partial charge in [-0.15, -0.1) is 0 Å². The van der Waals surface area contributed by atoms with Crippen LogP contribution in [0.2, 0.25) is 0 Å². The lowest BCUT2D eigenvalue weighted by atomic mass is 10.3. The molecule has 0 atom stereocenters. The molecule has 0 fully saturated rings. The number of anilines is 2. The summed E-state index contributed by atoms with van der Waals surface area (Å²) in [7, 11) is -7.31. The largest absolute Gasteiger partial charge is 0.489 e. The molecule has 4 heterocycles. The van der Waals surface area contributed by atoms with Crippen LogP contribution in [0.5, 0.6) is 11.5 Å². The van der Waals surface area contributed by atoms with Crippen LogP contribution >= 0.6 is 0 Å². The first-order valence-corrected chi connectivity index (χ1v) is 16.7. The quantitative estimate of drug-likeness (QED) is 0.274. The maximum absolute atomic E-state index is 12.5. The molecule has 2 aliphatic rings. The van der Waals surface area contributed by atoms with Crippen molar-refractivity contribution < 1.29 is 26.3 Å². The summed E-state index contributed by atoms with van der Waals surface area (Å²) in [5, 5.41) is 0. The van der Waals surface area contributed by atoms with Crippen molar-refractivity contribution in [2.75, 3.05) is 22.7 Å². The van der Waals surface area contributed by atoms with Crippen LogP contribution in [0.1, 0.15) is 0 Å². The van der Waals surface area contributed by atoms with E-state index in [0.29, 0.717) is 49.2 Å². The van der Waals surface area contributed by atoms with E-state index in [-0.39, 0.29) is 9.79 Å². The van der Waals surface area contributed by atoms with E-state index < -0.39 is 20.0 Å². The van der Waals surface area contributed by atoms with Crippen LogP contribution in [-0.2, 0) is 33.1 Å². The van der Waals surface area contributed by atoms with Gasteiger partial charge in [-0.2, -0.15) is 0 Å². The molecular formula is C30H26N6O6S2. The van der Waals surface area contributed by atoms with E-state index in [0.717, 1.165) is 22.5 Å². The van der Waals surface area contributed by atoms with Crippen molar-refractivity contribution in [3.63, 3.8) is 0 Å². The summed E-state index contributed by atoms with van der Waals surface area (Å²) in [6, 6.07) is 27.6. The lowest BCUT2D eigenvalue weighted by molar-refractivity contribution is 0.288. The lowest BCUT2D eigenvalue weighted by Crippen LogP contribution is -2.20. The van der Waals surface area contributed by atoms with E-state index in [1.165, 1.54) is 0 Å². The molecule has 0 spiro atoms. The number of ether oxygens (including phenoxy) is 2. The number of hydrogen-bond donors (Lipinski definition) is 2. The van der Waals surface area contributed by atoms with E-state index >= 15 is 0 Å². The van der Waals surface area contributed by atoms with Crippen molar-refractivity contribution in [1.82, 2.24) is 19.1 Å². The molecule has 224 valence electrons. The third kappa shape index (κ3) is 5.07. The van der Waals surface area contributed by atoms with Gasteiger partial charge >= 0.3 is 0 Å². The molecule has 0 bridgehead atoms. The second-order valence-corrected chi connectivity index (χ2v) is 13.3. The molecule has 8 rings (SSSR count). The number of para-hydroxylation sites is 2. The van der Waals surface area contributed by atoms with Gasteiger partial charge in [-0.05, 0) is 48.5 Å². The number of sulfonamides is 2. The predicted molar refractivity (Wildman–Crippen MR) is 165 cm³/mol. The second kappa shape index (κ2) is 10.9. The van der Waals surface area contributed by atoms with Gasteiger partial charge in [0.25, 0.3) is 20.0 Å². The van der Waals surface area contributed by atoms with Crippen molar-refractivity contribution in [2.24, 2.45) is 0 Å². The number of rotatable bonds is 6. The minimum atomic E-state index is -3.66. The van der Waals surface area contributed by atoms with E-state index in [9.17, 15) is 16.8 Å². The van der Waals surface area contributed by atoms with Crippen LogP contribution in [0, 0.1) is 0 Å². The van der Waals surface area contributed by atoms with E-state index in [1.807, 2.05) is 45.5 Å². The van der Waals surface area contributed by atoms with Gasteiger partial charge in [0.1, 0.15) is 35.7 Å². The number of nitrogens with one attached hydrogen (secondary N) is 2. The molecule has 12 nitrogen and oxygen atoms in total. The minimum Gasteiger partial charge on any atom is -0.489 e. The number of nitrogens with zero attached hydrogens (tertiary/aromatic N) is 4. The highest BCUT2D eigenvalue weighted by Crippen LogP contribution is 2.33. The average Bonchev–Trinajstić information content (AvgIpc) is 3.58. The van der Waals surface area contributed by atoms with Crippen LogP contribution in [0.15, 0.2) is 107 Å². The smallest absolute Gasteiger partial charge is 0.264 e. The van der Waals surface area contributed by atoms with Crippen molar-refractivity contribution >= 4 is 54.0 Å². The molecule has 14 heteroatoms. The Morgan fingerprint density at radius 3 is 1.36 bits per heavy atom. The Balaban J connectivity index is 0.000000142. The highest BCUT2D eigenvalue weighted by molar-refractivity contribution is 7.93. The fourth-order valence-corrected chi connectivity index (χ4v) is 7.24. The van der Waals surface area contributed by atoms with Crippen LogP contribution in [0.4, 0.5) is 11.9 Å². The number of benzene rings is 4. The Hall–Kier alpha value is -5.08. The molecule has 2 aliphatic heterocycles. The summed E-state index contributed by atoms with van der Waals surface area (Å²) in [6.07, 6.45) is 0. The first-order chi connectivity index (χ1) is 21.3. The fraction of sp³-hybridized carbons (Fsp3) is 0.133. The molecular weight excluding hydrogens is 605 g/mol. The molecule has 0 amide bonds. The highest BCUT2D eigenvalue weighted by Gasteiger charge is 2.24. The van der Waals surface area contributed by atoms with Gasteiger partial charge in [0, 0.05) is 0 Å². The number of hydrogen-bond acceptors (Lipinski definition) is 8. The molecule has 0 saturated heterocycles. The predicted octanol–water partition coefficient (Wildman–Crippen LogP) is 4.46. The fourth-order valence-electron chi connectivity index (χ4n) is 5.18.